The summed E-state index contributed by atoms with van der Waals surface area (Å²) in [7, 11) is -3.68. The van der Waals surface area contributed by atoms with Crippen molar-refractivity contribution in [1.29, 1.82) is 0 Å². The maximum absolute atomic E-state index is 12.4. The van der Waals surface area contributed by atoms with Crippen molar-refractivity contribution in [2.45, 2.75) is 25.3 Å². The highest BCUT2D eigenvalue weighted by Crippen LogP contribution is 2.17. The Morgan fingerprint density at radius 3 is 2.00 bits per heavy atom. The molecule has 0 atom stereocenters. The minimum absolute atomic E-state index is 0.0858. The number of hydrogen-bond acceptors (Lipinski definition) is 3. The van der Waals surface area contributed by atoms with Gasteiger partial charge in [0.25, 0.3) is 0 Å². The Labute approximate surface area is 158 Å². The zero-order chi connectivity index (χ0) is 19.6. The third-order valence-electron chi connectivity index (χ3n) is 4.38. The van der Waals surface area contributed by atoms with Crippen LogP contribution in [0.3, 0.4) is 0 Å². The zero-order valence-corrected chi connectivity index (χ0v) is 16.0. The summed E-state index contributed by atoms with van der Waals surface area (Å²) >= 11 is 0. The monoisotopic (exact) mass is 383 g/mol. The molecule has 1 amide bonds. The first kappa shape index (κ1) is 18.9. The highest BCUT2D eigenvalue weighted by atomic mass is 32.2. The normalized spacial score (nSPS) is 11.5. The van der Waals surface area contributed by atoms with Crippen LogP contribution in [0.2, 0.25) is 0 Å². The van der Waals surface area contributed by atoms with E-state index in [0.717, 1.165) is 22.6 Å². The molecule has 0 saturated heterocycles. The third-order valence-corrected chi connectivity index (χ3v) is 5.80. The number of nitrogens with zero attached hydrogens (tertiary/aromatic N) is 1. The molecule has 3 rings (SSSR count). The maximum Gasteiger partial charge on any atom is 0.248 e. The quantitative estimate of drug-likeness (QED) is 0.685. The van der Waals surface area contributed by atoms with Crippen molar-refractivity contribution in [3.05, 3.63) is 83.2 Å². The van der Waals surface area contributed by atoms with Crippen LogP contribution in [-0.2, 0) is 16.6 Å². The van der Waals surface area contributed by atoms with E-state index in [1.54, 1.807) is 0 Å². The van der Waals surface area contributed by atoms with Crippen LogP contribution in [0.25, 0.3) is 5.69 Å². The van der Waals surface area contributed by atoms with E-state index in [1.165, 1.54) is 24.3 Å². The minimum atomic E-state index is -3.68. The smallest absolute Gasteiger partial charge is 0.248 e. The summed E-state index contributed by atoms with van der Waals surface area (Å²) in [5.74, 6) is -0.597. The number of rotatable bonds is 6. The molecule has 1 aromatic heterocycles. The molecule has 7 heteroatoms. The molecule has 0 spiro atoms. The molecule has 1 heterocycles. The van der Waals surface area contributed by atoms with Gasteiger partial charge in [0.2, 0.25) is 15.9 Å². The van der Waals surface area contributed by atoms with E-state index >= 15 is 0 Å². The van der Waals surface area contributed by atoms with Gasteiger partial charge in [0.1, 0.15) is 0 Å². The summed E-state index contributed by atoms with van der Waals surface area (Å²) < 4.78 is 29.5. The van der Waals surface area contributed by atoms with Gasteiger partial charge in [-0.2, -0.15) is 0 Å². The number of benzene rings is 2. The molecule has 0 bridgehead atoms. The predicted octanol–water partition coefficient (Wildman–Crippen LogP) is 2.67. The van der Waals surface area contributed by atoms with Crippen molar-refractivity contribution in [3.8, 4) is 5.69 Å². The van der Waals surface area contributed by atoms with Crippen LogP contribution in [0.4, 0.5) is 0 Å². The summed E-state index contributed by atoms with van der Waals surface area (Å²) in [4.78, 5) is 11.2. The molecule has 3 aromatic rings. The van der Waals surface area contributed by atoms with Crippen LogP contribution in [0, 0.1) is 13.8 Å². The van der Waals surface area contributed by atoms with E-state index in [0.29, 0.717) is 0 Å². The van der Waals surface area contributed by atoms with Gasteiger partial charge in [0.15, 0.2) is 0 Å². The topological polar surface area (TPSA) is 94.2 Å². The van der Waals surface area contributed by atoms with Crippen LogP contribution >= 0.6 is 0 Å². The van der Waals surface area contributed by atoms with Crippen molar-refractivity contribution in [3.63, 3.8) is 0 Å². The standard InChI is InChI=1S/C20H21N3O3S/c1-14-3-4-15(2)23(14)18-9-5-16(6-10-18)13-22-27(25,26)19-11-7-17(8-12-19)20(21)24/h3-12,22H,13H2,1-2H3,(H2,21,24). The van der Waals surface area contributed by atoms with E-state index in [9.17, 15) is 13.2 Å². The Kier molecular flexibility index (Phi) is 5.16. The van der Waals surface area contributed by atoms with Gasteiger partial charge < -0.3 is 10.3 Å². The summed E-state index contributed by atoms with van der Waals surface area (Å²) in [5.41, 5.74) is 9.59. The third kappa shape index (κ3) is 4.10. The molecule has 0 aliphatic carbocycles. The summed E-state index contributed by atoms with van der Waals surface area (Å²) in [6.07, 6.45) is 0. The number of carbonyl (C=O) groups excluding carboxylic acids is 1. The van der Waals surface area contributed by atoms with E-state index < -0.39 is 15.9 Å². The van der Waals surface area contributed by atoms with Crippen LogP contribution in [0.1, 0.15) is 27.3 Å². The van der Waals surface area contributed by atoms with Gasteiger partial charge in [-0.15, -0.1) is 0 Å². The first-order valence-electron chi connectivity index (χ1n) is 8.42. The number of nitrogens with two attached hydrogens (primary N) is 1. The number of aromatic nitrogens is 1. The molecular formula is C20H21N3O3S. The van der Waals surface area contributed by atoms with Gasteiger partial charge in [0.05, 0.1) is 4.90 Å². The van der Waals surface area contributed by atoms with E-state index in [4.69, 9.17) is 5.73 Å². The Bertz CT molecular complexity index is 1050. The SMILES string of the molecule is Cc1ccc(C)n1-c1ccc(CNS(=O)(=O)c2ccc(C(N)=O)cc2)cc1. The largest absolute Gasteiger partial charge is 0.366 e. The average molecular weight is 383 g/mol. The Morgan fingerprint density at radius 2 is 1.48 bits per heavy atom. The number of carbonyl (C=O) groups is 1. The van der Waals surface area contributed by atoms with Crippen molar-refractivity contribution in [2.75, 3.05) is 0 Å². The van der Waals surface area contributed by atoms with Crippen LogP contribution in [-0.4, -0.2) is 18.9 Å². The summed E-state index contributed by atoms with van der Waals surface area (Å²) in [6.45, 7) is 4.25. The molecule has 0 aliphatic heterocycles. The van der Waals surface area contributed by atoms with Crippen LogP contribution < -0.4 is 10.5 Å². The number of amides is 1. The Balaban J connectivity index is 1.71. The fourth-order valence-corrected chi connectivity index (χ4v) is 3.92. The number of aryl methyl sites for hydroxylation is 2. The van der Waals surface area contributed by atoms with Crippen molar-refractivity contribution in [2.24, 2.45) is 5.73 Å². The lowest BCUT2D eigenvalue weighted by Crippen LogP contribution is -2.23. The van der Waals surface area contributed by atoms with Crippen molar-refractivity contribution in [1.82, 2.24) is 9.29 Å². The molecule has 140 valence electrons. The minimum Gasteiger partial charge on any atom is -0.366 e. The fourth-order valence-electron chi connectivity index (χ4n) is 2.90. The Morgan fingerprint density at radius 1 is 0.926 bits per heavy atom. The van der Waals surface area contributed by atoms with Crippen LogP contribution in [0.5, 0.6) is 0 Å². The predicted molar refractivity (Wildman–Crippen MR) is 104 cm³/mol. The van der Waals surface area contributed by atoms with Gasteiger partial charge in [-0.25, -0.2) is 13.1 Å². The molecule has 0 aliphatic rings. The molecule has 0 fully saturated rings. The number of primary amides is 1. The molecule has 6 nitrogen and oxygen atoms in total. The molecule has 3 N–H and O–H groups in total. The Hall–Kier alpha value is -2.90. The second kappa shape index (κ2) is 7.38. The van der Waals surface area contributed by atoms with Crippen LogP contribution in [0.15, 0.2) is 65.6 Å². The molecule has 0 saturated carbocycles. The summed E-state index contributed by atoms with van der Waals surface area (Å²) in [6, 6.07) is 17.4. The maximum atomic E-state index is 12.4. The highest BCUT2D eigenvalue weighted by molar-refractivity contribution is 7.89. The molecule has 0 unspecified atom stereocenters. The lowest BCUT2D eigenvalue weighted by atomic mass is 10.2. The highest BCUT2D eigenvalue weighted by Gasteiger charge is 2.14. The second-order valence-corrected chi connectivity index (χ2v) is 8.10. The van der Waals surface area contributed by atoms with Gasteiger partial charge in [-0.05, 0) is 67.9 Å². The van der Waals surface area contributed by atoms with Gasteiger partial charge in [0, 0.05) is 29.2 Å². The summed E-state index contributed by atoms with van der Waals surface area (Å²) in [5, 5.41) is 0. The molecule has 0 radical (unpaired) electrons. The number of sulfonamides is 1. The lowest BCUT2D eigenvalue weighted by Gasteiger charge is -2.11. The lowest BCUT2D eigenvalue weighted by molar-refractivity contribution is 0.1000. The van der Waals surface area contributed by atoms with Gasteiger partial charge in [-0.3, -0.25) is 4.79 Å². The van der Waals surface area contributed by atoms with E-state index in [1.807, 2.05) is 38.1 Å². The van der Waals surface area contributed by atoms with E-state index in [-0.39, 0.29) is 17.0 Å². The molecular weight excluding hydrogens is 362 g/mol. The number of hydrogen-bond donors (Lipinski definition) is 2. The van der Waals surface area contributed by atoms with Gasteiger partial charge >= 0.3 is 0 Å². The second-order valence-electron chi connectivity index (χ2n) is 6.33. The average Bonchev–Trinajstić information content (AvgIpc) is 2.99. The fraction of sp³-hybridized carbons (Fsp3) is 0.150. The van der Waals surface area contributed by atoms with Crippen molar-refractivity contribution >= 4 is 15.9 Å². The first-order valence-corrected chi connectivity index (χ1v) is 9.90. The van der Waals surface area contributed by atoms with E-state index in [2.05, 4.69) is 21.4 Å². The molecule has 27 heavy (non-hydrogen) atoms. The molecule has 2 aromatic carbocycles. The first-order chi connectivity index (χ1) is 12.8. The zero-order valence-electron chi connectivity index (χ0n) is 15.1. The van der Waals surface area contributed by atoms with Crippen molar-refractivity contribution < 1.29 is 13.2 Å². The van der Waals surface area contributed by atoms with Gasteiger partial charge in [-0.1, -0.05) is 12.1 Å². The number of nitrogens with one attached hydrogen (secondary N) is 1.